The Morgan fingerprint density at radius 3 is 2.00 bits per heavy atom. The van der Waals surface area contributed by atoms with Gasteiger partial charge in [-0.05, 0) is 0 Å². The monoisotopic (exact) mass is 575 g/mol. The van der Waals surface area contributed by atoms with Crippen molar-refractivity contribution in [3.05, 3.63) is 0 Å². The standard InChI is InChI=1S/C15H26NO4.3C4H9.Sn/c1-11(6-5-9-19-12(2)17)14-10-16(4)8-7-15(14)20-13(3)18;3*1-3-4-2;/h11,14-15H,1,5-10H2,2-4H3;3*1,3-4H2,2H3;. The van der Waals surface area contributed by atoms with Crippen LogP contribution in [0.3, 0.4) is 0 Å². The van der Waals surface area contributed by atoms with E-state index in [9.17, 15) is 9.59 Å². The first-order valence-electron chi connectivity index (χ1n) is 13.8. The van der Waals surface area contributed by atoms with Crippen LogP contribution in [0.5, 0.6) is 0 Å². The average molecular weight is 574 g/mol. The number of nitrogens with zero attached hydrogens (tertiary/aromatic N) is 1. The van der Waals surface area contributed by atoms with Crippen molar-refractivity contribution in [2.75, 3.05) is 26.7 Å². The molecule has 0 radical (unpaired) electrons. The van der Waals surface area contributed by atoms with Gasteiger partial charge in [-0.3, -0.25) is 0 Å². The topological polar surface area (TPSA) is 55.8 Å². The SMILES string of the molecule is CCC[CH2][Sn]([CH2]CCC)([CH2]CCC)[CH2]C(CCCOC(C)=O)C1CN(C)CCC1OC(C)=O. The summed E-state index contributed by atoms with van der Waals surface area (Å²) in [5.74, 6) is 0.620. The van der Waals surface area contributed by atoms with Crippen LogP contribution in [0.25, 0.3) is 0 Å². The summed E-state index contributed by atoms with van der Waals surface area (Å²) in [4.78, 5) is 25.7. The van der Waals surface area contributed by atoms with Crippen LogP contribution in [0, 0.1) is 11.8 Å². The summed E-state index contributed by atoms with van der Waals surface area (Å²) in [5, 5.41) is 0. The van der Waals surface area contributed by atoms with Gasteiger partial charge in [0.2, 0.25) is 0 Å². The van der Waals surface area contributed by atoms with Crippen LogP contribution in [0.15, 0.2) is 0 Å². The van der Waals surface area contributed by atoms with Crippen LogP contribution in [-0.4, -0.2) is 68.1 Å². The molecule has 1 aliphatic rings. The fraction of sp³-hybridized carbons (Fsp3) is 0.926. The minimum atomic E-state index is -2.37. The van der Waals surface area contributed by atoms with Crippen molar-refractivity contribution in [2.24, 2.45) is 11.8 Å². The summed E-state index contributed by atoms with van der Waals surface area (Å²) in [6, 6.07) is 0. The number of esters is 2. The first-order valence-corrected chi connectivity index (χ1v) is 21.8. The molecule has 3 atom stereocenters. The number of hydrogen-bond acceptors (Lipinski definition) is 5. The second-order valence-electron chi connectivity index (χ2n) is 10.6. The summed E-state index contributed by atoms with van der Waals surface area (Å²) in [5.41, 5.74) is 0. The molecule has 0 aromatic heterocycles. The minimum absolute atomic E-state index is 0.0324. The Hall–Kier alpha value is -0.301. The number of carbonyl (C=O) groups is 2. The molecule has 0 N–H and O–H groups in total. The molecule has 0 spiro atoms. The predicted molar refractivity (Wildman–Crippen MR) is 140 cm³/mol. The maximum atomic E-state index is 11.9. The molecule has 0 bridgehead atoms. The summed E-state index contributed by atoms with van der Waals surface area (Å²) in [6.07, 6.45) is 10.9. The first-order chi connectivity index (χ1) is 15.8. The fourth-order valence-corrected chi connectivity index (χ4v) is 23.8. The molecular weight excluding hydrogens is 521 g/mol. The third kappa shape index (κ3) is 12.3. The third-order valence-electron chi connectivity index (χ3n) is 7.62. The molecule has 1 heterocycles. The molecule has 0 amide bonds. The second-order valence-corrected chi connectivity index (χ2v) is 24.6. The molecule has 0 aromatic rings. The Morgan fingerprint density at radius 2 is 1.52 bits per heavy atom. The Balaban J connectivity index is 3.18. The first kappa shape index (κ1) is 30.7. The van der Waals surface area contributed by atoms with E-state index in [-0.39, 0.29) is 18.0 Å². The normalized spacial score (nSPS) is 20.4. The van der Waals surface area contributed by atoms with E-state index in [1.54, 1.807) is 6.92 Å². The van der Waals surface area contributed by atoms with Gasteiger partial charge in [0.25, 0.3) is 0 Å². The number of likely N-dealkylation sites (tertiary alicyclic amines) is 1. The molecule has 0 aromatic carbocycles. The van der Waals surface area contributed by atoms with Gasteiger partial charge in [-0.15, -0.1) is 0 Å². The maximum absolute atomic E-state index is 11.9. The summed E-state index contributed by atoms with van der Waals surface area (Å²) in [6.45, 7) is 12.6. The summed E-state index contributed by atoms with van der Waals surface area (Å²) < 4.78 is 17.1. The third-order valence-corrected chi connectivity index (χ3v) is 23.7. The summed E-state index contributed by atoms with van der Waals surface area (Å²) >= 11 is -2.37. The molecule has 1 saturated heterocycles. The second kappa shape index (κ2) is 17.2. The molecule has 0 aliphatic carbocycles. The molecule has 0 saturated carbocycles. The number of piperidine rings is 1. The molecule has 1 fully saturated rings. The Labute approximate surface area is 208 Å². The van der Waals surface area contributed by atoms with E-state index in [4.69, 9.17) is 9.47 Å². The zero-order chi connectivity index (χ0) is 24.7. The van der Waals surface area contributed by atoms with Crippen LogP contribution >= 0.6 is 0 Å². The molecule has 194 valence electrons. The van der Waals surface area contributed by atoms with Crippen LogP contribution in [0.2, 0.25) is 17.7 Å². The summed E-state index contributed by atoms with van der Waals surface area (Å²) in [7, 11) is 2.20. The van der Waals surface area contributed by atoms with E-state index >= 15 is 0 Å². The van der Waals surface area contributed by atoms with Crippen LogP contribution in [0.1, 0.15) is 92.4 Å². The van der Waals surface area contributed by atoms with Gasteiger partial charge in [0, 0.05) is 0 Å². The van der Waals surface area contributed by atoms with Gasteiger partial charge in [-0.2, -0.15) is 0 Å². The average Bonchev–Trinajstić information content (AvgIpc) is 2.77. The van der Waals surface area contributed by atoms with Crippen molar-refractivity contribution >= 4 is 30.3 Å². The molecular formula is C27H53NO4Sn. The van der Waals surface area contributed by atoms with Crippen molar-refractivity contribution in [2.45, 2.75) is 116 Å². The van der Waals surface area contributed by atoms with Crippen molar-refractivity contribution in [3.8, 4) is 0 Å². The van der Waals surface area contributed by atoms with E-state index in [2.05, 4.69) is 32.7 Å². The fourth-order valence-electron chi connectivity index (χ4n) is 5.86. The van der Waals surface area contributed by atoms with Gasteiger partial charge in [-0.1, -0.05) is 0 Å². The molecule has 3 unspecified atom stereocenters. The van der Waals surface area contributed by atoms with Crippen molar-refractivity contribution in [1.82, 2.24) is 4.90 Å². The predicted octanol–water partition coefficient (Wildman–Crippen LogP) is 6.68. The number of hydrogen-bond donors (Lipinski definition) is 0. The van der Waals surface area contributed by atoms with Gasteiger partial charge in [-0.25, -0.2) is 0 Å². The Morgan fingerprint density at radius 1 is 0.939 bits per heavy atom. The molecule has 1 rings (SSSR count). The molecule has 1 aliphatic heterocycles. The number of ether oxygens (including phenoxy) is 2. The zero-order valence-corrected chi connectivity index (χ0v) is 25.5. The van der Waals surface area contributed by atoms with Crippen molar-refractivity contribution in [3.63, 3.8) is 0 Å². The quantitative estimate of drug-likeness (QED) is 0.110. The Kier molecular flexibility index (Phi) is 16.0. The van der Waals surface area contributed by atoms with Gasteiger partial charge in [0.1, 0.15) is 0 Å². The van der Waals surface area contributed by atoms with Gasteiger partial charge < -0.3 is 0 Å². The van der Waals surface area contributed by atoms with Crippen LogP contribution < -0.4 is 0 Å². The van der Waals surface area contributed by atoms with Crippen molar-refractivity contribution < 1.29 is 19.1 Å². The van der Waals surface area contributed by atoms with Gasteiger partial charge in [0.15, 0.2) is 0 Å². The van der Waals surface area contributed by atoms with E-state index in [0.717, 1.165) is 32.4 Å². The number of unbranched alkanes of at least 4 members (excludes halogenated alkanes) is 3. The molecule has 6 heteroatoms. The van der Waals surface area contributed by atoms with Crippen LogP contribution in [0.4, 0.5) is 0 Å². The number of rotatable bonds is 17. The Bertz CT molecular complexity index is 534. The van der Waals surface area contributed by atoms with Gasteiger partial charge in [0.05, 0.1) is 0 Å². The molecule has 33 heavy (non-hydrogen) atoms. The van der Waals surface area contributed by atoms with E-state index in [1.165, 1.54) is 63.2 Å². The van der Waals surface area contributed by atoms with E-state index in [1.807, 2.05) is 0 Å². The zero-order valence-electron chi connectivity index (χ0n) is 22.6. The molecule has 5 nitrogen and oxygen atoms in total. The van der Waals surface area contributed by atoms with E-state index in [0.29, 0.717) is 18.4 Å². The number of carbonyl (C=O) groups excluding carboxylic acids is 2. The van der Waals surface area contributed by atoms with Crippen molar-refractivity contribution in [1.29, 1.82) is 0 Å². The van der Waals surface area contributed by atoms with E-state index < -0.39 is 18.4 Å². The van der Waals surface area contributed by atoms with Crippen LogP contribution in [-0.2, 0) is 19.1 Å². The van der Waals surface area contributed by atoms with Gasteiger partial charge >= 0.3 is 209 Å².